The van der Waals surface area contributed by atoms with Gasteiger partial charge in [-0.3, -0.25) is 14.6 Å². The molecular weight excluding hydrogens is 298 g/mol. The Morgan fingerprint density at radius 3 is 2.65 bits per heavy atom. The summed E-state index contributed by atoms with van der Waals surface area (Å²) in [5.74, 6) is -0.489. The predicted molar refractivity (Wildman–Crippen MR) is 79.5 cm³/mol. The van der Waals surface area contributed by atoms with Crippen LogP contribution in [-0.4, -0.2) is 35.8 Å². The number of nitrogens with one attached hydrogen (secondary N) is 1. The maximum Gasteiger partial charge on any atom is 0.272 e. The number of carbonyl (C=O) groups is 2. The lowest BCUT2D eigenvalue weighted by Crippen LogP contribution is -2.23. The van der Waals surface area contributed by atoms with E-state index in [9.17, 15) is 9.59 Å². The summed E-state index contributed by atoms with van der Waals surface area (Å²) in [6.45, 7) is 0. The zero-order chi connectivity index (χ0) is 14.7. The number of halogens is 1. The van der Waals surface area contributed by atoms with Crippen molar-refractivity contribution in [2.75, 3.05) is 19.4 Å². The van der Waals surface area contributed by atoms with Crippen molar-refractivity contribution in [2.45, 2.75) is 0 Å². The molecule has 0 aromatic carbocycles. The number of anilines is 1. The highest BCUT2D eigenvalue weighted by molar-refractivity contribution is 7.18. The van der Waals surface area contributed by atoms with Crippen molar-refractivity contribution in [1.29, 1.82) is 0 Å². The second-order valence-electron chi connectivity index (χ2n) is 4.19. The Morgan fingerprint density at radius 1 is 1.30 bits per heavy atom. The van der Waals surface area contributed by atoms with Gasteiger partial charge in [0.25, 0.3) is 11.8 Å². The van der Waals surface area contributed by atoms with E-state index in [2.05, 4.69) is 10.3 Å². The van der Waals surface area contributed by atoms with Crippen molar-refractivity contribution in [3.63, 3.8) is 0 Å². The van der Waals surface area contributed by atoms with Crippen molar-refractivity contribution < 1.29 is 9.59 Å². The van der Waals surface area contributed by atoms with Crippen molar-refractivity contribution in [3.8, 4) is 0 Å². The summed E-state index contributed by atoms with van der Waals surface area (Å²) in [6, 6.07) is 6.47. The molecule has 1 N–H and O–H groups in total. The second-order valence-corrected chi connectivity index (χ2v) is 5.90. The van der Waals surface area contributed by atoms with E-state index in [1.54, 1.807) is 32.3 Å². The first-order valence-electron chi connectivity index (χ1n) is 5.72. The molecule has 2 aromatic rings. The van der Waals surface area contributed by atoms with Gasteiger partial charge in [-0.25, -0.2) is 0 Å². The Morgan fingerprint density at radius 2 is 2.05 bits per heavy atom. The molecule has 0 aliphatic heterocycles. The van der Waals surface area contributed by atoms with Crippen LogP contribution < -0.4 is 5.32 Å². The Labute approximate surface area is 125 Å². The molecule has 0 aliphatic carbocycles. The smallest absolute Gasteiger partial charge is 0.272 e. The summed E-state index contributed by atoms with van der Waals surface area (Å²) in [4.78, 5) is 29.7. The standard InChI is InChI=1S/C13H12ClN3O2S/c1-17(2)13(19)9-7-8(5-6-15-9)16-12(18)10-3-4-11(14)20-10/h3-7H,1-2H3,(H,15,16,18). The topological polar surface area (TPSA) is 62.3 Å². The van der Waals surface area contributed by atoms with Crippen LogP contribution in [0.25, 0.3) is 0 Å². The molecule has 2 aromatic heterocycles. The molecule has 5 nitrogen and oxygen atoms in total. The Hall–Kier alpha value is -1.92. The third-order valence-corrected chi connectivity index (χ3v) is 3.67. The van der Waals surface area contributed by atoms with Gasteiger partial charge < -0.3 is 10.2 Å². The lowest BCUT2D eigenvalue weighted by molar-refractivity contribution is 0.0821. The first-order valence-corrected chi connectivity index (χ1v) is 6.91. The van der Waals surface area contributed by atoms with E-state index in [-0.39, 0.29) is 17.5 Å². The van der Waals surface area contributed by atoms with Gasteiger partial charge in [0, 0.05) is 26.0 Å². The van der Waals surface area contributed by atoms with E-state index in [0.717, 1.165) is 0 Å². The Balaban J connectivity index is 2.16. The molecule has 0 saturated heterocycles. The third kappa shape index (κ3) is 3.34. The van der Waals surface area contributed by atoms with Crippen LogP contribution in [0.3, 0.4) is 0 Å². The van der Waals surface area contributed by atoms with Gasteiger partial charge in [-0.1, -0.05) is 11.6 Å². The number of thiophene rings is 1. The number of nitrogens with zero attached hydrogens (tertiary/aromatic N) is 2. The van der Waals surface area contributed by atoms with Crippen molar-refractivity contribution in [2.24, 2.45) is 0 Å². The molecule has 2 amide bonds. The normalized spacial score (nSPS) is 10.2. The molecule has 0 radical (unpaired) electrons. The molecule has 0 atom stereocenters. The van der Waals surface area contributed by atoms with Gasteiger partial charge in [0.15, 0.2) is 0 Å². The van der Waals surface area contributed by atoms with Gasteiger partial charge in [0.2, 0.25) is 0 Å². The van der Waals surface area contributed by atoms with Crippen LogP contribution >= 0.6 is 22.9 Å². The van der Waals surface area contributed by atoms with Crippen LogP contribution in [0.5, 0.6) is 0 Å². The summed E-state index contributed by atoms with van der Waals surface area (Å²) >= 11 is 6.98. The molecule has 0 spiro atoms. The number of hydrogen-bond acceptors (Lipinski definition) is 4. The first kappa shape index (κ1) is 14.5. The summed E-state index contributed by atoms with van der Waals surface area (Å²) < 4.78 is 0.549. The van der Waals surface area contributed by atoms with Crippen LogP contribution in [0, 0.1) is 0 Å². The number of amides is 2. The van der Waals surface area contributed by atoms with Gasteiger partial charge in [-0.2, -0.15) is 0 Å². The molecular formula is C13H12ClN3O2S. The van der Waals surface area contributed by atoms with Gasteiger partial charge in [-0.05, 0) is 24.3 Å². The van der Waals surface area contributed by atoms with Crippen LogP contribution in [0.15, 0.2) is 30.5 Å². The number of rotatable bonds is 3. The minimum absolute atomic E-state index is 0.222. The minimum atomic E-state index is -0.267. The number of hydrogen-bond donors (Lipinski definition) is 1. The van der Waals surface area contributed by atoms with Crippen LogP contribution in [0.4, 0.5) is 5.69 Å². The summed E-state index contributed by atoms with van der Waals surface area (Å²) in [5, 5.41) is 2.71. The van der Waals surface area contributed by atoms with Gasteiger partial charge in [0.05, 0.1) is 9.21 Å². The molecule has 7 heteroatoms. The summed E-state index contributed by atoms with van der Waals surface area (Å²) in [6.07, 6.45) is 1.48. The fourth-order valence-electron chi connectivity index (χ4n) is 1.48. The quantitative estimate of drug-likeness (QED) is 0.948. The van der Waals surface area contributed by atoms with Crippen molar-refractivity contribution >= 4 is 40.4 Å². The Kier molecular flexibility index (Phi) is 4.36. The fourth-order valence-corrected chi connectivity index (χ4v) is 2.42. The van der Waals surface area contributed by atoms with Crippen LogP contribution in [0.2, 0.25) is 4.34 Å². The molecule has 0 aliphatic rings. The maximum atomic E-state index is 12.0. The zero-order valence-corrected chi connectivity index (χ0v) is 12.5. The largest absolute Gasteiger partial charge is 0.343 e. The molecule has 104 valence electrons. The second kappa shape index (κ2) is 6.02. The monoisotopic (exact) mass is 309 g/mol. The molecule has 2 rings (SSSR count). The molecule has 0 fully saturated rings. The molecule has 0 saturated carbocycles. The number of carbonyl (C=O) groups excluding carboxylic acids is 2. The van der Waals surface area contributed by atoms with Crippen molar-refractivity contribution in [3.05, 3.63) is 45.4 Å². The third-order valence-electron chi connectivity index (χ3n) is 2.44. The van der Waals surface area contributed by atoms with Gasteiger partial charge in [-0.15, -0.1) is 11.3 Å². The van der Waals surface area contributed by atoms with E-state index in [0.29, 0.717) is 14.9 Å². The molecule has 20 heavy (non-hydrogen) atoms. The lowest BCUT2D eigenvalue weighted by atomic mass is 10.3. The SMILES string of the molecule is CN(C)C(=O)c1cc(NC(=O)c2ccc(Cl)s2)ccn1. The summed E-state index contributed by atoms with van der Waals surface area (Å²) in [5.41, 5.74) is 0.789. The first-order chi connectivity index (χ1) is 9.47. The zero-order valence-electron chi connectivity index (χ0n) is 10.9. The number of pyridine rings is 1. The maximum absolute atomic E-state index is 12.0. The highest BCUT2D eigenvalue weighted by Gasteiger charge is 2.12. The predicted octanol–water partition coefficient (Wildman–Crippen LogP) is 2.75. The summed E-state index contributed by atoms with van der Waals surface area (Å²) in [7, 11) is 3.28. The number of aromatic nitrogens is 1. The average Bonchev–Trinajstić information content (AvgIpc) is 2.85. The van der Waals surface area contributed by atoms with Crippen LogP contribution in [-0.2, 0) is 0 Å². The Bertz CT molecular complexity index is 655. The molecule has 0 unspecified atom stereocenters. The van der Waals surface area contributed by atoms with E-state index in [1.165, 1.54) is 28.5 Å². The average molecular weight is 310 g/mol. The van der Waals surface area contributed by atoms with Crippen LogP contribution in [0.1, 0.15) is 20.2 Å². The molecule has 2 heterocycles. The molecule has 0 bridgehead atoms. The fraction of sp³-hybridized carbons (Fsp3) is 0.154. The lowest BCUT2D eigenvalue weighted by Gasteiger charge is -2.10. The van der Waals surface area contributed by atoms with Gasteiger partial charge >= 0.3 is 0 Å². The van der Waals surface area contributed by atoms with E-state index in [4.69, 9.17) is 11.6 Å². The highest BCUT2D eigenvalue weighted by atomic mass is 35.5. The van der Waals surface area contributed by atoms with Crippen molar-refractivity contribution in [1.82, 2.24) is 9.88 Å². The highest BCUT2D eigenvalue weighted by Crippen LogP contribution is 2.22. The van der Waals surface area contributed by atoms with Gasteiger partial charge in [0.1, 0.15) is 5.69 Å². The van der Waals surface area contributed by atoms with E-state index >= 15 is 0 Å². The van der Waals surface area contributed by atoms with E-state index < -0.39 is 0 Å². The minimum Gasteiger partial charge on any atom is -0.343 e. The van der Waals surface area contributed by atoms with E-state index in [1.807, 2.05) is 0 Å².